The molecule has 4 nitrogen and oxygen atoms in total. The minimum Gasteiger partial charge on any atom is -0.306 e. The average Bonchev–Trinajstić information content (AvgIpc) is 3.17. The molecule has 3 aromatic carbocycles. The topological polar surface area (TPSA) is 41.0 Å². The first kappa shape index (κ1) is 21.6. The van der Waals surface area contributed by atoms with E-state index in [1.54, 1.807) is 0 Å². The zero-order chi connectivity index (χ0) is 22.8. The number of aromatic amines is 1. The molecule has 170 valence electrons. The van der Waals surface area contributed by atoms with Crippen LogP contribution in [0, 0.1) is 11.6 Å². The molecule has 2 heterocycles. The number of nitrogens with one attached hydrogen (secondary N) is 1. The summed E-state index contributed by atoms with van der Waals surface area (Å²) in [7, 11) is 0. The fourth-order valence-electron chi connectivity index (χ4n) is 5.07. The number of halogens is 2. The zero-order valence-corrected chi connectivity index (χ0v) is 18.4. The first-order valence-electron chi connectivity index (χ1n) is 11.5. The number of para-hydroxylation sites is 2. The molecule has 1 aliphatic rings. The van der Waals surface area contributed by atoms with Crippen molar-refractivity contribution in [2.75, 3.05) is 19.6 Å². The number of piperidine rings is 1. The van der Waals surface area contributed by atoms with E-state index in [0.29, 0.717) is 0 Å². The Kier molecular flexibility index (Phi) is 6.09. The van der Waals surface area contributed by atoms with Crippen molar-refractivity contribution in [1.29, 1.82) is 0 Å². The molecule has 0 spiro atoms. The summed E-state index contributed by atoms with van der Waals surface area (Å²) >= 11 is 0. The summed E-state index contributed by atoms with van der Waals surface area (Å²) in [5.41, 5.74) is 3.87. The minimum atomic E-state index is -0.258. The smallest absolute Gasteiger partial charge is 0.306 e. The van der Waals surface area contributed by atoms with Crippen molar-refractivity contribution in [3.8, 4) is 0 Å². The number of rotatable bonds is 6. The van der Waals surface area contributed by atoms with Gasteiger partial charge in [-0.25, -0.2) is 13.6 Å². The number of aromatic nitrogens is 2. The second-order valence-electron chi connectivity index (χ2n) is 8.83. The van der Waals surface area contributed by atoms with Gasteiger partial charge >= 0.3 is 5.69 Å². The highest BCUT2D eigenvalue weighted by atomic mass is 19.1. The monoisotopic (exact) mass is 447 g/mol. The van der Waals surface area contributed by atoms with Gasteiger partial charge in [0.15, 0.2) is 0 Å². The highest BCUT2D eigenvalue weighted by Gasteiger charge is 2.24. The van der Waals surface area contributed by atoms with Crippen molar-refractivity contribution in [2.45, 2.75) is 31.2 Å². The van der Waals surface area contributed by atoms with Crippen LogP contribution in [0.5, 0.6) is 0 Å². The maximum atomic E-state index is 13.5. The van der Waals surface area contributed by atoms with Crippen LogP contribution < -0.4 is 5.69 Å². The maximum absolute atomic E-state index is 13.5. The lowest BCUT2D eigenvalue weighted by atomic mass is 9.88. The standard InChI is InChI=1S/C27H27F2N3O/c28-21-9-5-19(6-10-21)24(20-7-11-22(29)12-8-20)15-18-31-16-13-23(14-17-31)32-26-4-2-1-3-25(26)30-27(32)33/h1-12,23-24H,13-18H2,(H,30,33). The van der Waals surface area contributed by atoms with Gasteiger partial charge in [-0.2, -0.15) is 0 Å². The molecule has 0 bridgehead atoms. The van der Waals surface area contributed by atoms with Crippen LogP contribution in [0.3, 0.4) is 0 Å². The normalized spacial score (nSPS) is 15.5. The Bertz CT molecular complexity index is 1220. The number of nitrogens with zero attached hydrogens (tertiary/aromatic N) is 2. The van der Waals surface area contributed by atoms with E-state index in [1.807, 2.05) is 53.1 Å². The van der Waals surface area contributed by atoms with Crippen LogP contribution in [-0.4, -0.2) is 34.1 Å². The Labute approximate surface area is 191 Å². The maximum Gasteiger partial charge on any atom is 0.326 e. The van der Waals surface area contributed by atoms with E-state index in [4.69, 9.17) is 0 Å². The van der Waals surface area contributed by atoms with Gasteiger partial charge in [0, 0.05) is 25.0 Å². The highest BCUT2D eigenvalue weighted by molar-refractivity contribution is 5.75. The fraction of sp³-hybridized carbons (Fsp3) is 0.296. The van der Waals surface area contributed by atoms with Crippen molar-refractivity contribution in [2.24, 2.45) is 0 Å². The van der Waals surface area contributed by atoms with Crippen LogP contribution in [0.15, 0.2) is 77.6 Å². The summed E-state index contributed by atoms with van der Waals surface area (Å²) in [4.78, 5) is 17.9. The predicted octanol–water partition coefficient (Wildman–Crippen LogP) is 5.47. The summed E-state index contributed by atoms with van der Waals surface area (Å²) < 4.78 is 28.9. The van der Waals surface area contributed by atoms with Gasteiger partial charge in [-0.3, -0.25) is 4.57 Å². The average molecular weight is 448 g/mol. The first-order chi connectivity index (χ1) is 16.1. The summed E-state index contributed by atoms with van der Waals surface area (Å²) in [6.07, 6.45) is 2.69. The molecule has 0 atom stereocenters. The Balaban J connectivity index is 1.27. The molecule has 0 amide bonds. The summed E-state index contributed by atoms with van der Waals surface area (Å²) in [6.45, 7) is 2.71. The number of imidazole rings is 1. The molecule has 1 N–H and O–H groups in total. The summed E-state index contributed by atoms with van der Waals surface area (Å²) in [6, 6.07) is 21.2. The van der Waals surface area contributed by atoms with E-state index in [0.717, 1.165) is 61.1 Å². The number of likely N-dealkylation sites (tertiary alicyclic amines) is 1. The fourth-order valence-corrected chi connectivity index (χ4v) is 5.07. The van der Waals surface area contributed by atoms with E-state index < -0.39 is 0 Å². The number of hydrogen-bond acceptors (Lipinski definition) is 2. The van der Waals surface area contributed by atoms with E-state index in [9.17, 15) is 13.6 Å². The molecule has 0 unspecified atom stereocenters. The third-order valence-corrected chi connectivity index (χ3v) is 6.82. The molecular weight excluding hydrogens is 420 g/mol. The number of benzene rings is 3. The van der Waals surface area contributed by atoms with Crippen molar-refractivity contribution in [1.82, 2.24) is 14.5 Å². The Morgan fingerprint density at radius 1 is 0.848 bits per heavy atom. The van der Waals surface area contributed by atoms with E-state index in [1.165, 1.54) is 24.3 Å². The summed E-state index contributed by atoms with van der Waals surface area (Å²) in [5, 5.41) is 0. The molecule has 1 aromatic heterocycles. The van der Waals surface area contributed by atoms with Crippen molar-refractivity contribution < 1.29 is 8.78 Å². The Morgan fingerprint density at radius 3 is 2.03 bits per heavy atom. The van der Waals surface area contributed by atoms with Crippen molar-refractivity contribution in [3.63, 3.8) is 0 Å². The van der Waals surface area contributed by atoms with Crippen LogP contribution in [0.4, 0.5) is 8.78 Å². The van der Waals surface area contributed by atoms with Gasteiger partial charge in [-0.1, -0.05) is 36.4 Å². The lowest BCUT2D eigenvalue weighted by Gasteiger charge is -2.33. The third kappa shape index (κ3) is 4.62. The van der Waals surface area contributed by atoms with E-state index >= 15 is 0 Å². The number of fused-ring (bicyclic) bond motifs is 1. The Hall–Kier alpha value is -3.25. The van der Waals surface area contributed by atoms with Crippen molar-refractivity contribution in [3.05, 3.63) is 106 Å². The van der Waals surface area contributed by atoms with Crippen LogP contribution in [0.25, 0.3) is 11.0 Å². The third-order valence-electron chi connectivity index (χ3n) is 6.82. The van der Waals surface area contributed by atoms with Gasteiger partial charge in [0.05, 0.1) is 11.0 Å². The van der Waals surface area contributed by atoms with Crippen LogP contribution in [0.1, 0.15) is 42.3 Å². The van der Waals surface area contributed by atoms with Gasteiger partial charge in [-0.15, -0.1) is 0 Å². The van der Waals surface area contributed by atoms with E-state index in [2.05, 4.69) is 9.88 Å². The lowest BCUT2D eigenvalue weighted by molar-refractivity contribution is 0.183. The van der Waals surface area contributed by atoms with Crippen LogP contribution >= 0.6 is 0 Å². The van der Waals surface area contributed by atoms with Gasteiger partial charge in [-0.05, 0) is 73.3 Å². The Morgan fingerprint density at radius 2 is 1.42 bits per heavy atom. The molecule has 4 aromatic rings. The molecule has 6 heteroatoms. The molecule has 5 rings (SSSR count). The SMILES string of the molecule is O=c1[nH]c2ccccc2n1C1CCN(CCC(c2ccc(F)cc2)c2ccc(F)cc2)CC1. The predicted molar refractivity (Wildman–Crippen MR) is 127 cm³/mol. The van der Waals surface area contributed by atoms with Crippen LogP contribution in [-0.2, 0) is 0 Å². The van der Waals surface area contributed by atoms with Gasteiger partial charge < -0.3 is 9.88 Å². The molecular formula is C27H27F2N3O. The van der Waals surface area contributed by atoms with Gasteiger partial charge in [0.25, 0.3) is 0 Å². The van der Waals surface area contributed by atoms with Crippen LogP contribution in [0.2, 0.25) is 0 Å². The highest BCUT2D eigenvalue weighted by Crippen LogP contribution is 2.30. The molecule has 0 aliphatic carbocycles. The molecule has 1 saturated heterocycles. The number of hydrogen-bond donors (Lipinski definition) is 1. The summed E-state index contributed by atoms with van der Waals surface area (Å²) in [5.74, 6) is -0.447. The van der Waals surface area contributed by atoms with Crippen molar-refractivity contribution >= 4 is 11.0 Å². The number of H-pyrrole nitrogens is 1. The molecule has 0 radical (unpaired) electrons. The minimum absolute atomic E-state index is 0.0395. The molecule has 33 heavy (non-hydrogen) atoms. The van der Waals surface area contributed by atoms with Gasteiger partial charge in [0.2, 0.25) is 0 Å². The van der Waals surface area contributed by atoms with E-state index in [-0.39, 0.29) is 29.3 Å². The zero-order valence-electron chi connectivity index (χ0n) is 18.4. The lowest BCUT2D eigenvalue weighted by Crippen LogP contribution is -2.37. The molecule has 0 saturated carbocycles. The second kappa shape index (κ2) is 9.32. The van der Waals surface area contributed by atoms with Gasteiger partial charge in [0.1, 0.15) is 11.6 Å². The largest absolute Gasteiger partial charge is 0.326 e. The quantitative estimate of drug-likeness (QED) is 0.426. The molecule has 1 aliphatic heterocycles. The first-order valence-corrected chi connectivity index (χ1v) is 11.5. The second-order valence-corrected chi connectivity index (χ2v) is 8.83. The molecule has 1 fully saturated rings.